The molecule has 0 bridgehead atoms. The smallest absolute Gasteiger partial charge is 0.240 e. The maximum atomic E-state index is 13.6. The molecule has 1 amide bonds. The van der Waals surface area contributed by atoms with Crippen molar-refractivity contribution in [1.29, 1.82) is 0 Å². The molecule has 0 spiro atoms. The molecule has 5 nitrogen and oxygen atoms in total. The second-order valence-electron chi connectivity index (χ2n) is 7.28. The van der Waals surface area contributed by atoms with Crippen LogP contribution in [0.5, 0.6) is 0 Å². The van der Waals surface area contributed by atoms with Crippen LogP contribution in [0.1, 0.15) is 29.3 Å². The lowest BCUT2D eigenvalue weighted by Gasteiger charge is -2.29. The maximum absolute atomic E-state index is 13.6. The number of benzene rings is 3. The Labute approximate surface area is 186 Å². The molecular weight excluding hydrogens is 404 g/mol. The summed E-state index contributed by atoms with van der Waals surface area (Å²) in [6, 6.07) is 28.0. The van der Waals surface area contributed by atoms with Gasteiger partial charge in [-0.25, -0.2) is 9.67 Å². The van der Waals surface area contributed by atoms with Gasteiger partial charge in [0.25, 0.3) is 0 Å². The number of nitrogens with zero attached hydrogens (tertiary/aromatic N) is 4. The number of hydrogen-bond donors (Lipinski definition) is 0. The van der Waals surface area contributed by atoms with Crippen LogP contribution in [-0.2, 0) is 4.79 Å². The van der Waals surface area contributed by atoms with E-state index < -0.39 is 0 Å². The minimum absolute atomic E-state index is 0.0696. The second-order valence-corrected chi connectivity index (χ2v) is 8.46. The Morgan fingerprint density at radius 3 is 2.16 bits per heavy atom. The Morgan fingerprint density at radius 2 is 1.55 bits per heavy atom. The van der Waals surface area contributed by atoms with E-state index in [9.17, 15) is 4.79 Å². The standard InChI is InChI=1S/C25H24N4OS/c1-19(20-13-15-22(16-14-20)29-18-26-17-27-29)28(2)25(30)24(21-9-5-3-6-10-21)31-23-11-7-4-8-12-23/h3-19,24H,1-2H3/t19-,24+/m0/s1. The van der Waals surface area contributed by atoms with Gasteiger partial charge in [-0.15, -0.1) is 11.8 Å². The zero-order valence-corrected chi connectivity index (χ0v) is 18.3. The van der Waals surface area contributed by atoms with E-state index in [-0.39, 0.29) is 17.2 Å². The summed E-state index contributed by atoms with van der Waals surface area (Å²) in [5.74, 6) is 0.0768. The third kappa shape index (κ3) is 4.86. The van der Waals surface area contributed by atoms with Crippen molar-refractivity contribution in [2.45, 2.75) is 23.1 Å². The molecule has 4 aromatic rings. The molecule has 0 saturated carbocycles. The molecule has 4 rings (SSSR count). The predicted octanol–water partition coefficient (Wildman–Crippen LogP) is 5.32. The number of amides is 1. The van der Waals surface area contributed by atoms with Gasteiger partial charge >= 0.3 is 0 Å². The average Bonchev–Trinajstić information content (AvgIpc) is 3.37. The van der Waals surface area contributed by atoms with E-state index in [1.807, 2.05) is 96.9 Å². The summed E-state index contributed by atoms with van der Waals surface area (Å²) in [4.78, 5) is 20.5. The molecule has 0 aliphatic heterocycles. The molecular formula is C25H24N4OS. The highest BCUT2D eigenvalue weighted by molar-refractivity contribution is 8.00. The molecule has 3 aromatic carbocycles. The number of aromatic nitrogens is 3. The lowest BCUT2D eigenvalue weighted by molar-refractivity contribution is -0.131. The van der Waals surface area contributed by atoms with Gasteiger partial charge in [0.1, 0.15) is 17.9 Å². The van der Waals surface area contributed by atoms with Crippen LogP contribution in [0.15, 0.2) is 102 Å². The molecule has 0 unspecified atom stereocenters. The van der Waals surface area contributed by atoms with Crippen LogP contribution >= 0.6 is 11.8 Å². The van der Waals surface area contributed by atoms with Crippen LogP contribution in [-0.4, -0.2) is 32.6 Å². The van der Waals surface area contributed by atoms with Crippen molar-refractivity contribution < 1.29 is 4.79 Å². The molecule has 6 heteroatoms. The van der Waals surface area contributed by atoms with Gasteiger partial charge in [-0.1, -0.05) is 60.7 Å². The zero-order valence-electron chi connectivity index (χ0n) is 17.5. The molecule has 0 saturated heterocycles. The number of carbonyl (C=O) groups excluding carboxylic acids is 1. The van der Waals surface area contributed by atoms with Crippen LogP contribution in [0.3, 0.4) is 0 Å². The SMILES string of the molecule is C[C@@H](c1ccc(-n2cncn2)cc1)N(C)C(=O)[C@H](Sc1ccccc1)c1ccccc1. The van der Waals surface area contributed by atoms with E-state index in [4.69, 9.17) is 0 Å². The Balaban J connectivity index is 1.55. The van der Waals surface area contributed by atoms with Crippen molar-refractivity contribution >= 4 is 17.7 Å². The van der Waals surface area contributed by atoms with Crippen molar-refractivity contribution in [2.75, 3.05) is 7.05 Å². The first-order valence-corrected chi connectivity index (χ1v) is 11.0. The van der Waals surface area contributed by atoms with Crippen molar-refractivity contribution in [3.05, 3.63) is 109 Å². The highest BCUT2D eigenvalue weighted by Crippen LogP contribution is 2.38. The quantitative estimate of drug-likeness (QED) is 0.374. The predicted molar refractivity (Wildman–Crippen MR) is 124 cm³/mol. The summed E-state index contributed by atoms with van der Waals surface area (Å²) < 4.78 is 1.71. The molecule has 0 aliphatic rings. The molecule has 31 heavy (non-hydrogen) atoms. The first kappa shape index (κ1) is 20.9. The third-order valence-electron chi connectivity index (χ3n) is 5.31. The average molecular weight is 429 g/mol. The first-order chi connectivity index (χ1) is 15.1. The molecule has 2 atom stereocenters. The Hall–Kier alpha value is -3.38. The Bertz CT molecular complexity index is 1100. The lowest BCUT2D eigenvalue weighted by atomic mass is 10.1. The molecule has 1 aromatic heterocycles. The van der Waals surface area contributed by atoms with Gasteiger partial charge in [-0.3, -0.25) is 4.79 Å². The first-order valence-electron chi connectivity index (χ1n) is 10.1. The van der Waals surface area contributed by atoms with Crippen molar-refractivity contribution in [3.63, 3.8) is 0 Å². The minimum atomic E-state index is -0.314. The van der Waals surface area contributed by atoms with E-state index in [0.717, 1.165) is 21.7 Å². The van der Waals surface area contributed by atoms with Crippen molar-refractivity contribution in [3.8, 4) is 5.69 Å². The van der Waals surface area contributed by atoms with Gasteiger partial charge < -0.3 is 4.90 Å². The van der Waals surface area contributed by atoms with Gasteiger partial charge in [-0.2, -0.15) is 5.10 Å². The van der Waals surface area contributed by atoms with Crippen LogP contribution in [0, 0.1) is 0 Å². The number of carbonyl (C=O) groups is 1. The normalized spacial score (nSPS) is 12.8. The second kappa shape index (κ2) is 9.62. The number of likely N-dealkylation sites (N-methyl/N-ethyl adjacent to an activating group) is 1. The van der Waals surface area contributed by atoms with Gasteiger partial charge in [0.05, 0.1) is 11.7 Å². The molecule has 0 radical (unpaired) electrons. The van der Waals surface area contributed by atoms with E-state index in [0.29, 0.717) is 0 Å². The fraction of sp³-hybridized carbons (Fsp3) is 0.160. The molecule has 0 N–H and O–H groups in total. The Morgan fingerprint density at radius 1 is 0.903 bits per heavy atom. The highest BCUT2D eigenvalue weighted by atomic mass is 32.2. The topological polar surface area (TPSA) is 51.0 Å². The summed E-state index contributed by atoms with van der Waals surface area (Å²) in [5.41, 5.74) is 3.00. The maximum Gasteiger partial charge on any atom is 0.240 e. The minimum Gasteiger partial charge on any atom is -0.338 e. The van der Waals surface area contributed by atoms with E-state index in [1.165, 1.54) is 6.33 Å². The fourth-order valence-corrected chi connectivity index (χ4v) is 4.52. The summed E-state index contributed by atoms with van der Waals surface area (Å²) >= 11 is 1.58. The lowest BCUT2D eigenvalue weighted by Crippen LogP contribution is -2.33. The molecule has 0 fully saturated rings. The number of hydrogen-bond acceptors (Lipinski definition) is 4. The van der Waals surface area contributed by atoms with E-state index in [1.54, 1.807) is 22.8 Å². The zero-order chi connectivity index (χ0) is 21.6. The van der Waals surface area contributed by atoms with E-state index in [2.05, 4.69) is 17.0 Å². The van der Waals surface area contributed by atoms with Gasteiger partial charge in [0, 0.05) is 11.9 Å². The Kier molecular flexibility index (Phi) is 6.48. The third-order valence-corrected chi connectivity index (χ3v) is 6.56. The monoisotopic (exact) mass is 428 g/mol. The molecule has 1 heterocycles. The van der Waals surface area contributed by atoms with Crippen molar-refractivity contribution in [1.82, 2.24) is 19.7 Å². The van der Waals surface area contributed by atoms with Crippen LogP contribution in [0.4, 0.5) is 0 Å². The summed E-state index contributed by atoms with van der Waals surface area (Å²) in [6.45, 7) is 2.05. The van der Waals surface area contributed by atoms with Crippen LogP contribution in [0.25, 0.3) is 5.69 Å². The number of rotatable bonds is 7. The van der Waals surface area contributed by atoms with Gasteiger partial charge in [-0.05, 0) is 42.3 Å². The summed E-state index contributed by atoms with van der Waals surface area (Å²) in [7, 11) is 1.87. The molecule has 156 valence electrons. The van der Waals surface area contributed by atoms with E-state index >= 15 is 0 Å². The summed E-state index contributed by atoms with van der Waals surface area (Å²) in [6.07, 6.45) is 3.18. The van der Waals surface area contributed by atoms with Crippen LogP contribution in [0.2, 0.25) is 0 Å². The largest absolute Gasteiger partial charge is 0.338 e. The van der Waals surface area contributed by atoms with Gasteiger partial charge in [0.2, 0.25) is 5.91 Å². The fourth-order valence-electron chi connectivity index (χ4n) is 3.37. The van der Waals surface area contributed by atoms with Crippen molar-refractivity contribution in [2.24, 2.45) is 0 Å². The molecule has 0 aliphatic carbocycles. The van der Waals surface area contributed by atoms with Gasteiger partial charge in [0.15, 0.2) is 0 Å². The summed E-state index contributed by atoms with van der Waals surface area (Å²) in [5, 5.41) is 3.84. The highest BCUT2D eigenvalue weighted by Gasteiger charge is 2.28. The van der Waals surface area contributed by atoms with Crippen LogP contribution < -0.4 is 0 Å². The number of thioether (sulfide) groups is 1.